The van der Waals surface area contributed by atoms with Crippen molar-refractivity contribution in [3.8, 4) is 5.75 Å². The normalized spacial score (nSPS) is 12.5. The number of phenolic OH excluding ortho intramolecular Hbond substituents is 1. The molecule has 0 aliphatic carbocycles. The summed E-state index contributed by atoms with van der Waals surface area (Å²) in [5, 5.41) is 12.3. The molecular formula is C13H17ClFNO2. The van der Waals surface area contributed by atoms with Crippen LogP contribution in [0.3, 0.4) is 0 Å². The van der Waals surface area contributed by atoms with E-state index < -0.39 is 11.7 Å². The highest BCUT2D eigenvalue weighted by molar-refractivity contribution is 6.17. The SMILES string of the molecule is CC(C)C(CCCl)NC(=O)c1cc(F)ccc1O. The maximum absolute atomic E-state index is 13.0. The van der Waals surface area contributed by atoms with Crippen LogP contribution < -0.4 is 5.32 Å². The molecule has 1 aromatic rings. The largest absolute Gasteiger partial charge is 0.507 e. The monoisotopic (exact) mass is 273 g/mol. The molecule has 0 radical (unpaired) electrons. The summed E-state index contributed by atoms with van der Waals surface area (Å²) < 4.78 is 13.0. The van der Waals surface area contributed by atoms with Crippen LogP contribution in [0.4, 0.5) is 4.39 Å². The summed E-state index contributed by atoms with van der Waals surface area (Å²) in [5.74, 6) is -0.643. The maximum atomic E-state index is 13.0. The molecule has 0 heterocycles. The number of hydrogen-bond donors (Lipinski definition) is 2. The van der Waals surface area contributed by atoms with Gasteiger partial charge >= 0.3 is 0 Å². The van der Waals surface area contributed by atoms with Crippen molar-refractivity contribution in [2.24, 2.45) is 5.92 Å². The van der Waals surface area contributed by atoms with Gasteiger partial charge in [0.15, 0.2) is 0 Å². The van der Waals surface area contributed by atoms with Gasteiger partial charge in [0.1, 0.15) is 11.6 Å². The number of hydrogen-bond acceptors (Lipinski definition) is 2. The van der Waals surface area contributed by atoms with E-state index in [1.807, 2.05) is 13.8 Å². The van der Waals surface area contributed by atoms with Crippen LogP contribution in [0.25, 0.3) is 0 Å². The Morgan fingerprint density at radius 2 is 2.17 bits per heavy atom. The third-order valence-electron chi connectivity index (χ3n) is 2.74. The molecule has 1 atom stereocenters. The Hall–Kier alpha value is -1.29. The second kappa shape index (κ2) is 6.59. The number of alkyl halides is 1. The molecule has 1 rings (SSSR count). The van der Waals surface area contributed by atoms with E-state index in [4.69, 9.17) is 11.6 Å². The highest BCUT2D eigenvalue weighted by Gasteiger charge is 2.19. The van der Waals surface area contributed by atoms with Crippen molar-refractivity contribution in [1.29, 1.82) is 0 Å². The third-order valence-corrected chi connectivity index (χ3v) is 2.96. The lowest BCUT2D eigenvalue weighted by Crippen LogP contribution is -2.38. The number of amides is 1. The second-order valence-electron chi connectivity index (χ2n) is 4.46. The predicted molar refractivity (Wildman–Crippen MR) is 69.5 cm³/mol. The van der Waals surface area contributed by atoms with Gasteiger partial charge in [0, 0.05) is 11.9 Å². The van der Waals surface area contributed by atoms with Crippen molar-refractivity contribution in [3.05, 3.63) is 29.6 Å². The molecule has 0 aliphatic rings. The highest BCUT2D eigenvalue weighted by atomic mass is 35.5. The first-order valence-corrected chi connectivity index (χ1v) is 6.34. The fourth-order valence-corrected chi connectivity index (χ4v) is 1.86. The lowest BCUT2D eigenvalue weighted by atomic mass is 10.0. The fraction of sp³-hybridized carbons (Fsp3) is 0.462. The molecule has 5 heteroatoms. The van der Waals surface area contributed by atoms with Gasteiger partial charge in [0.2, 0.25) is 0 Å². The molecule has 0 saturated heterocycles. The number of rotatable bonds is 5. The summed E-state index contributed by atoms with van der Waals surface area (Å²) in [4.78, 5) is 11.9. The average molecular weight is 274 g/mol. The van der Waals surface area contributed by atoms with E-state index in [0.717, 1.165) is 18.2 Å². The average Bonchev–Trinajstić information content (AvgIpc) is 2.31. The molecule has 1 unspecified atom stereocenters. The topological polar surface area (TPSA) is 49.3 Å². The summed E-state index contributed by atoms with van der Waals surface area (Å²) in [7, 11) is 0. The van der Waals surface area contributed by atoms with Gasteiger partial charge in [0.25, 0.3) is 5.91 Å². The smallest absolute Gasteiger partial charge is 0.255 e. The summed E-state index contributed by atoms with van der Waals surface area (Å²) >= 11 is 5.67. The van der Waals surface area contributed by atoms with Crippen molar-refractivity contribution in [1.82, 2.24) is 5.32 Å². The summed E-state index contributed by atoms with van der Waals surface area (Å²) in [6, 6.07) is 3.18. The number of halogens is 2. The number of phenols is 1. The van der Waals surface area contributed by atoms with Crippen molar-refractivity contribution in [2.45, 2.75) is 26.3 Å². The molecule has 0 bridgehead atoms. The quantitative estimate of drug-likeness (QED) is 0.811. The molecular weight excluding hydrogens is 257 g/mol. The molecule has 2 N–H and O–H groups in total. The predicted octanol–water partition coefficient (Wildman–Crippen LogP) is 2.91. The van der Waals surface area contributed by atoms with E-state index in [2.05, 4.69) is 5.32 Å². The fourth-order valence-electron chi connectivity index (χ4n) is 1.63. The molecule has 0 fully saturated rings. The second-order valence-corrected chi connectivity index (χ2v) is 4.84. The molecule has 3 nitrogen and oxygen atoms in total. The van der Waals surface area contributed by atoms with Crippen LogP contribution >= 0.6 is 11.6 Å². The van der Waals surface area contributed by atoms with Crippen LogP contribution in [0.5, 0.6) is 5.75 Å². The van der Waals surface area contributed by atoms with Crippen LogP contribution in [0.15, 0.2) is 18.2 Å². The standard InChI is InChI=1S/C13H17ClFNO2/c1-8(2)11(5-6-14)16-13(18)10-7-9(15)3-4-12(10)17/h3-4,7-8,11,17H,5-6H2,1-2H3,(H,16,18). The minimum Gasteiger partial charge on any atom is -0.507 e. The maximum Gasteiger partial charge on any atom is 0.255 e. The number of carbonyl (C=O) groups excluding carboxylic acids is 1. The molecule has 1 aromatic carbocycles. The van der Waals surface area contributed by atoms with Crippen LogP contribution in [0.1, 0.15) is 30.6 Å². The van der Waals surface area contributed by atoms with Crippen molar-refractivity contribution in [3.63, 3.8) is 0 Å². The Labute approximate surface area is 111 Å². The Bertz CT molecular complexity index is 423. The lowest BCUT2D eigenvalue weighted by molar-refractivity contribution is 0.0921. The Kier molecular flexibility index (Phi) is 5.41. The number of carbonyl (C=O) groups is 1. The van der Waals surface area contributed by atoms with E-state index >= 15 is 0 Å². The Morgan fingerprint density at radius 3 is 2.72 bits per heavy atom. The summed E-state index contributed by atoms with van der Waals surface area (Å²) in [5.41, 5.74) is -0.0600. The number of benzene rings is 1. The van der Waals surface area contributed by atoms with Crippen molar-refractivity contribution < 1.29 is 14.3 Å². The minimum absolute atomic E-state index is 0.0600. The van der Waals surface area contributed by atoms with E-state index in [-0.39, 0.29) is 23.3 Å². The zero-order chi connectivity index (χ0) is 13.7. The van der Waals surface area contributed by atoms with E-state index in [1.165, 1.54) is 0 Å². The minimum atomic E-state index is -0.559. The molecule has 0 saturated carbocycles. The molecule has 1 amide bonds. The van der Waals surface area contributed by atoms with Gasteiger partial charge in [0.05, 0.1) is 5.56 Å². The van der Waals surface area contributed by atoms with Gasteiger partial charge in [-0.05, 0) is 30.5 Å². The molecule has 18 heavy (non-hydrogen) atoms. The molecule has 0 spiro atoms. The lowest BCUT2D eigenvalue weighted by Gasteiger charge is -2.21. The first kappa shape index (κ1) is 14.8. The van der Waals surface area contributed by atoms with Crippen LogP contribution in [0.2, 0.25) is 0 Å². The zero-order valence-corrected chi connectivity index (χ0v) is 11.2. The van der Waals surface area contributed by atoms with Gasteiger partial charge in [-0.15, -0.1) is 11.6 Å². The highest BCUT2D eigenvalue weighted by Crippen LogP contribution is 2.18. The van der Waals surface area contributed by atoms with Crippen molar-refractivity contribution in [2.75, 3.05) is 5.88 Å². The van der Waals surface area contributed by atoms with E-state index in [1.54, 1.807) is 0 Å². The van der Waals surface area contributed by atoms with Gasteiger partial charge in [-0.3, -0.25) is 4.79 Å². The van der Waals surface area contributed by atoms with Crippen LogP contribution in [-0.2, 0) is 0 Å². The number of nitrogens with one attached hydrogen (secondary N) is 1. The van der Waals surface area contributed by atoms with Gasteiger partial charge in [-0.2, -0.15) is 0 Å². The third kappa shape index (κ3) is 3.88. The summed E-state index contributed by atoms with van der Waals surface area (Å²) in [6.07, 6.45) is 0.626. The first-order valence-electron chi connectivity index (χ1n) is 5.81. The van der Waals surface area contributed by atoms with Crippen LogP contribution in [0, 0.1) is 11.7 Å². The zero-order valence-electron chi connectivity index (χ0n) is 10.4. The molecule has 100 valence electrons. The Balaban J connectivity index is 2.83. The summed E-state index contributed by atoms with van der Waals surface area (Å²) in [6.45, 7) is 3.92. The first-order chi connectivity index (χ1) is 8.45. The van der Waals surface area contributed by atoms with E-state index in [0.29, 0.717) is 12.3 Å². The molecule has 0 aliphatic heterocycles. The van der Waals surface area contributed by atoms with Gasteiger partial charge < -0.3 is 10.4 Å². The van der Waals surface area contributed by atoms with Gasteiger partial charge in [-0.25, -0.2) is 4.39 Å². The van der Waals surface area contributed by atoms with E-state index in [9.17, 15) is 14.3 Å². The van der Waals surface area contributed by atoms with Gasteiger partial charge in [-0.1, -0.05) is 13.8 Å². The van der Waals surface area contributed by atoms with Crippen molar-refractivity contribution >= 4 is 17.5 Å². The Morgan fingerprint density at radius 1 is 1.50 bits per heavy atom. The number of aromatic hydroxyl groups is 1. The molecule has 0 aromatic heterocycles. The van der Waals surface area contributed by atoms with Crippen LogP contribution in [-0.4, -0.2) is 22.9 Å².